The fourth-order valence-corrected chi connectivity index (χ4v) is 4.91. The molecule has 1 aliphatic carbocycles. The minimum atomic E-state index is -4.58. The molecule has 1 unspecified atom stereocenters. The lowest BCUT2D eigenvalue weighted by molar-refractivity contribution is -0.137. The van der Waals surface area contributed by atoms with Gasteiger partial charge in [-0.2, -0.15) is 13.2 Å². The van der Waals surface area contributed by atoms with Gasteiger partial charge in [0.1, 0.15) is 5.75 Å². The van der Waals surface area contributed by atoms with Crippen molar-refractivity contribution in [1.29, 1.82) is 0 Å². The average Bonchev–Trinajstić information content (AvgIpc) is 3.30. The second-order valence-electron chi connectivity index (χ2n) is 10.2. The molecule has 36 heavy (non-hydrogen) atoms. The van der Waals surface area contributed by atoms with E-state index in [1.807, 2.05) is 13.0 Å². The highest BCUT2D eigenvalue weighted by molar-refractivity contribution is 6.33. The van der Waals surface area contributed by atoms with Crippen LogP contribution in [0.25, 0.3) is 0 Å². The third kappa shape index (κ3) is 4.52. The summed E-state index contributed by atoms with van der Waals surface area (Å²) in [7, 11) is 0. The summed E-state index contributed by atoms with van der Waals surface area (Å²) in [6.45, 7) is 13.2. The third-order valence-electron chi connectivity index (χ3n) is 7.35. The standard InChI is InChI=1S/C26H27ClF3N3O3/c1-13-9-16-17(25(5,6)14(2)24(16,3)4)11-20(13)36-21-8-7-19(35-21)23(34)33-32-22-18(27)10-15(12-31-22)26(28,29)30/h7-12,14H,1-6H3,(H,31,32)(H,33,34). The van der Waals surface area contributed by atoms with E-state index in [-0.39, 0.29) is 33.4 Å². The van der Waals surface area contributed by atoms with Gasteiger partial charge in [-0.1, -0.05) is 52.3 Å². The van der Waals surface area contributed by atoms with Crippen molar-refractivity contribution in [2.24, 2.45) is 5.92 Å². The summed E-state index contributed by atoms with van der Waals surface area (Å²) in [4.78, 5) is 16.1. The molecule has 2 aromatic heterocycles. The molecule has 10 heteroatoms. The van der Waals surface area contributed by atoms with Crippen molar-refractivity contribution in [3.05, 3.63) is 69.6 Å². The summed E-state index contributed by atoms with van der Waals surface area (Å²) >= 11 is 5.84. The second kappa shape index (κ2) is 8.73. The number of anilines is 1. The SMILES string of the molecule is Cc1cc2c(cc1Oc1ccc(C(=O)NNc3ncc(C(F)(F)F)cc3Cl)o1)C(C)(C)C(C)C2(C)C. The Balaban J connectivity index is 1.47. The highest BCUT2D eigenvalue weighted by Crippen LogP contribution is 2.55. The lowest BCUT2D eigenvalue weighted by Crippen LogP contribution is -2.30. The topological polar surface area (TPSA) is 76.4 Å². The largest absolute Gasteiger partial charge is 0.426 e. The molecule has 2 heterocycles. The van der Waals surface area contributed by atoms with Crippen LogP contribution in [-0.4, -0.2) is 10.9 Å². The van der Waals surface area contributed by atoms with Gasteiger partial charge in [-0.05, 0) is 58.6 Å². The molecule has 1 aromatic carbocycles. The van der Waals surface area contributed by atoms with Gasteiger partial charge in [-0.3, -0.25) is 15.6 Å². The molecule has 0 aliphatic heterocycles. The van der Waals surface area contributed by atoms with Gasteiger partial charge in [0.05, 0.1) is 10.6 Å². The number of fused-ring (bicyclic) bond motifs is 1. The molecule has 1 amide bonds. The number of amides is 1. The number of halogens is 4. The Morgan fingerprint density at radius 3 is 2.36 bits per heavy atom. The highest BCUT2D eigenvalue weighted by Gasteiger charge is 2.48. The van der Waals surface area contributed by atoms with Gasteiger partial charge < -0.3 is 9.15 Å². The number of alkyl halides is 3. The predicted octanol–water partition coefficient (Wildman–Crippen LogP) is 7.41. The lowest BCUT2D eigenvalue weighted by Gasteiger charge is -2.32. The maximum Gasteiger partial charge on any atom is 0.417 e. The molecule has 0 saturated carbocycles. The van der Waals surface area contributed by atoms with E-state index in [4.69, 9.17) is 20.8 Å². The Morgan fingerprint density at radius 2 is 1.75 bits per heavy atom. The summed E-state index contributed by atoms with van der Waals surface area (Å²) in [6, 6.07) is 7.84. The minimum absolute atomic E-state index is 0.0237. The molecule has 192 valence electrons. The van der Waals surface area contributed by atoms with Crippen molar-refractivity contribution in [1.82, 2.24) is 10.4 Å². The van der Waals surface area contributed by atoms with Crippen LogP contribution in [0.5, 0.6) is 11.7 Å². The van der Waals surface area contributed by atoms with Crippen LogP contribution < -0.4 is 15.6 Å². The molecule has 2 N–H and O–H groups in total. The lowest BCUT2D eigenvalue weighted by atomic mass is 9.71. The summed E-state index contributed by atoms with van der Waals surface area (Å²) < 4.78 is 49.8. The number of aromatic nitrogens is 1. The summed E-state index contributed by atoms with van der Waals surface area (Å²) in [5, 5.41) is -0.305. The maximum absolute atomic E-state index is 12.8. The average molecular weight is 522 g/mol. The van der Waals surface area contributed by atoms with Gasteiger partial charge in [0.15, 0.2) is 11.6 Å². The first kappa shape index (κ1) is 25.9. The number of carbonyl (C=O) groups excluding carboxylic acids is 1. The Hall–Kier alpha value is -3.20. The number of hydrogen-bond acceptors (Lipinski definition) is 5. The van der Waals surface area contributed by atoms with Crippen molar-refractivity contribution >= 4 is 23.3 Å². The zero-order valence-electron chi connectivity index (χ0n) is 20.7. The van der Waals surface area contributed by atoms with E-state index in [9.17, 15) is 18.0 Å². The summed E-state index contributed by atoms with van der Waals surface area (Å²) in [5.74, 6) is 0.270. The molecule has 0 saturated heterocycles. The number of rotatable bonds is 5. The van der Waals surface area contributed by atoms with Crippen molar-refractivity contribution in [2.75, 3.05) is 5.43 Å². The number of hydrogen-bond donors (Lipinski definition) is 2. The van der Waals surface area contributed by atoms with Gasteiger partial charge in [-0.25, -0.2) is 4.98 Å². The summed E-state index contributed by atoms with van der Waals surface area (Å²) in [6.07, 6.45) is -3.97. The van der Waals surface area contributed by atoms with Gasteiger partial charge in [0.25, 0.3) is 5.95 Å². The molecule has 4 rings (SSSR count). The molecule has 0 spiro atoms. The van der Waals surface area contributed by atoms with Crippen LogP contribution in [0.2, 0.25) is 5.02 Å². The van der Waals surface area contributed by atoms with Crippen LogP contribution in [0.1, 0.15) is 67.4 Å². The van der Waals surface area contributed by atoms with Gasteiger partial charge in [-0.15, -0.1) is 0 Å². The number of ether oxygens (including phenoxy) is 1. The smallest absolute Gasteiger partial charge is 0.417 e. The quantitative estimate of drug-likeness (QED) is 0.342. The number of benzene rings is 1. The van der Waals surface area contributed by atoms with Gasteiger partial charge >= 0.3 is 12.1 Å². The molecule has 3 aromatic rings. The maximum atomic E-state index is 12.8. The molecular formula is C26H27ClF3N3O3. The first-order chi connectivity index (χ1) is 16.6. The molecule has 0 fully saturated rings. The van der Waals surface area contributed by atoms with E-state index in [0.717, 1.165) is 5.56 Å². The van der Waals surface area contributed by atoms with E-state index < -0.39 is 17.6 Å². The fraction of sp³-hybridized carbons (Fsp3) is 0.385. The normalized spacial score (nSPS) is 18.0. The molecular weight excluding hydrogens is 495 g/mol. The Morgan fingerprint density at radius 1 is 1.11 bits per heavy atom. The van der Waals surface area contributed by atoms with Crippen LogP contribution in [0.4, 0.5) is 19.0 Å². The first-order valence-corrected chi connectivity index (χ1v) is 11.7. The monoisotopic (exact) mass is 521 g/mol. The molecule has 0 bridgehead atoms. The van der Waals surface area contributed by atoms with E-state index in [2.05, 4.69) is 56.5 Å². The third-order valence-corrected chi connectivity index (χ3v) is 7.64. The van der Waals surface area contributed by atoms with E-state index in [1.54, 1.807) is 0 Å². The van der Waals surface area contributed by atoms with Gasteiger partial charge in [0, 0.05) is 12.3 Å². The molecule has 1 atom stereocenters. The number of furan rings is 1. The minimum Gasteiger partial charge on any atom is -0.426 e. The zero-order chi connectivity index (χ0) is 26.6. The predicted molar refractivity (Wildman–Crippen MR) is 131 cm³/mol. The number of carbonyl (C=O) groups is 1. The molecule has 6 nitrogen and oxygen atoms in total. The van der Waals surface area contributed by atoms with Crippen LogP contribution in [0.3, 0.4) is 0 Å². The van der Waals surface area contributed by atoms with Crippen LogP contribution in [0.15, 0.2) is 40.9 Å². The van der Waals surface area contributed by atoms with Crippen molar-refractivity contribution in [2.45, 2.75) is 58.5 Å². The van der Waals surface area contributed by atoms with E-state index >= 15 is 0 Å². The fourth-order valence-electron chi connectivity index (χ4n) is 4.70. The van der Waals surface area contributed by atoms with Crippen molar-refractivity contribution < 1.29 is 27.1 Å². The Labute approximate surface area is 212 Å². The van der Waals surface area contributed by atoms with Crippen molar-refractivity contribution in [3.8, 4) is 11.7 Å². The first-order valence-electron chi connectivity index (χ1n) is 11.3. The second-order valence-corrected chi connectivity index (χ2v) is 10.6. The number of nitrogens with zero attached hydrogens (tertiary/aromatic N) is 1. The van der Waals surface area contributed by atoms with Crippen LogP contribution in [0, 0.1) is 12.8 Å². The molecule has 0 radical (unpaired) electrons. The highest BCUT2D eigenvalue weighted by atomic mass is 35.5. The number of aryl methyl sites for hydroxylation is 1. The Bertz CT molecular complexity index is 1330. The van der Waals surface area contributed by atoms with E-state index in [0.29, 0.717) is 23.9 Å². The Kier molecular flexibility index (Phi) is 6.27. The van der Waals surface area contributed by atoms with Gasteiger partial charge in [0.2, 0.25) is 0 Å². The molecule has 1 aliphatic rings. The number of hydrazine groups is 1. The van der Waals surface area contributed by atoms with E-state index in [1.165, 1.54) is 23.3 Å². The number of nitrogens with one attached hydrogen (secondary N) is 2. The summed E-state index contributed by atoms with van der Waals surface area (Å²) in [5.41, 5.74) is 7.13. The van der Waals surface area contributed by atoms with Crippen LogP contribution in [-0.2, 0) is 17.0 Å². The zero-order valence-corrected chi connectivity index (χ0v) is 21.5. The van der Waals surface area contributed by atoms with Crippen molar-refractivity contribution in [3.63, 3.8) is 0 Å². The number of pyridine rings is 1. The van der Waals surface area contributed by atoms with Crippen LogP contribution >= 0.6 is 11.6 Å².